The van der Waals surface area contributed by atoms with Gasteiger partial charge in [0.15, 0.2) is 0 Å². The van der Waals surface area contributed by atoms with Gasteiger partial charge in [0, 0.05) is 10.6 Å². The van der Waals surface area contributed by atoms with Crippen LogP contribution in [0.5, 0.6) is 0 Å². The van der Waals surface area contributed by atoms with Crippen molar-refractivity contribution in [2.24, 2.45) is 17.6 Å². The summed E-state index contributed by atoms with van der Waals surface area (Å²) in [5, 5.41) is 0.868. The highest BCUT2D eigenvalue weighted by atomic mass is 35.5. The number of hydrogen-bond acceptors (Lipinski definition) is 1. The number of rotatable bonds is 2. The van der Waals surface area contributed by atoms with Crippen molar-refractivity contribution in [3.63, 3.8) is 0 Å². The minimum absolute atomic E-state index is 0.0727. The molecule has 0 amide bonds. The van der Waals surface area contributed by atoms with E-state index < -0.39 is 0 Å². The Hall–Kier alpha value is -0.530. The molecule has 2 aliphatic rings. The lowest BCUT2D eigenvalue weighted by atomic mass is 9.97. The molecule has 0 radical (unpaired) electrons. The molecule has 0 saturated heterocycles. The largest absolute Gasteiger partial charge is 0.324 e. The first kappa shape index (κ1) is 9.68. The molecule has 2 heteroatoms. The molecule has 0 heterocycles. The van der Waals surface area contributed by atoms with Crippen LogP contribution in [-0.4, -0.2) is 5.54 Å². The van der Waals surface area contributed by atoms with Crippen molar-refractivity contribution in [3.05, 3.63) is 34.9 Å². The second-order valence-corrected chi connectivity index (χ2v) is 5.43. The second-order valence-electron chi connectivity index (χ2n) is 5.02. The molecule has 0 spiro atoms. The van der Waals surface area contributed by atoms with E-state index in [1.807, 2.05) is 18.2 Å². The van der Waals surface area contributed by atoms with E-state index in [0.29, 0.717) is 0 Å². The molecule has 1 aromatic rings. The highest BCUT2D eigenvalue weighted by Gasteiger charge is 2.63. The fraction of sp³-hybridized carbons (Fsp3) is 0.538. The van der Waals surface area contributed by atoms with Crippen molar-refractivity contribution in [3.8, 4) is 0 Å². The minimum Gasteiger partial charge on any atom is -0.324 e. The summed E-state index contributed by atoms with van der Waals surface area (Å²) in [6.45, 7) is 0. The average Bonchev–Trinajstić information content (AvgIpc) is 2.67. The van der Waals surface area contributed by atoms with Crippen molar-refractivity contribution in [2.75, 3.05) is 0 Å². The van der Waals surface area contributed by atoms with E-state index in [-0.39, 0.29) is 5.54 Å². The summed E-state index contributed by atoms with van der Waals surface area (Å²) in [6, 6.07) is 8.08. The van der Waals surface area contributed by atoms with Crippen LogP contribution in [0.4, 0.5) is 0 Å². The van der Waals surface area contributed by atoms with Crippen LogP contribution in [0.2, 0.25) is 5.02 Å². The summed E-state index contributed by atoms with van der Waals surface area (Å²) in [4.78, 5) is 0. The van der Waals surface area contributed by atoms with Crippen LogP contribution in [0, 0.1) is 11.8 Å². The van der Waals surface area contributed by atoms with Gasteiger partial charge in [-0.15, -0.1) is 0 Å². The summed E-state index contributed by atoms with van der Waals surface area (Å²) in [7, 11) is 0. The van der Waals surface area contributed by atoms with Crippen molar-refractivity contribution in [1.82, 2.24) is 0 Å². The minimum atomic E-state index is 0.0727. The third-order valence-electron chi connectivity index (χ3n) is 4.24. The van der Waals surface area contributed by atoms with Crippen LogP contribution in [0.15, 0.2) is 24.3 Å². The number of fused-ring (bicyclic) bond motifs is 1. The van der Waals surface area contributed by atoms with Crippen molar-refractivity contribution in [1.29, 1.82) is 0 Å². The van der Waals surface area contributed by atoms with Gasteiger partial charge in [0.05, 0.1) is 0 Å². The lowest BCUT2D eigenvalue weighted by molar-refractivity contribution is 0.501. The van der Waals surface area contributed by atoms with Crippen LogP contribution in [0.1, 0.15) is 24.8 Å². The Morgan fingerprint density at radius 3 is 2.60 bits per heavy atom. The molecule has 0 aromatic heterocycles. The molecule has 2 unspecified atom stereocenters. The first-order valence-corrected chi connectivity index (χ1v) is 6.12. The molecule has 2 N–H and O–H groups in total. The van der Waals surface area contributed by atoms with Crippen LogP contribution in [-0.2, 0) is 6.42 Å². The third kappa shape index (κ3) is 1.41. The fourth-order valence-electron chi connectivity index (χ4n) is 3.36. The van der Waals surface area contributed by atoms with Gasteiger partial charge in [-0.05, 0) is 42.7 Å². The van der Waals surface area contributed by atoms with Crippen molar-refractivity contribution < 1.29 is 0 Å². The molecule has 2 aliphatic carbocycles. The first-order chi connectivity index (χ1) is 7.22. The highest BCUT2D eigenvalue weighted by molar-refractivity contribution is 6.31. The SMILES string of the molecule is NC1(Cc2ccccc2Cl)C2CCCC21. The summed E-state index contributed by atoms with van der Waals surface area (Å²) in [6.07, 6.45) is 4.98. The molecule has 0 bridgehead atoms. The monoisotopic (exact) mass is 221 g/mol. The quantitative estimate of drug-likeness (QED) is 0.817. The zero-order valence-corrected chi connectivity index (χ0v) is 9.50. The number of hydrogen-bond donors (Lipinski definition) is 1. The molecule has 2 saturated carbocycles. The molecular weight excluding hydrogens is 206 g/mol. The van der Waals surface area contributed by atoms with E-state index in [1.54, 1.807) is 0 Å². The molecule has 80 valence electrons. The predicted octanol–water partition coefficient (Wildman–Crippen LogP) is 3.01. The zero-order valence-electron chi connectivity index (χ0n) is 8.75. The Balaban J connectivity index is 1.79. The van der Waals surface area contributed by atoms with Gasteiger partial charge >= 0.3 is 0 Å². The Labute approximate surface area is 95.6 Å². The normalized spacial score (nSPS) is 37.7. The molecule has 1 aromatic carbocycles. The number of nitrogens with two attached hydrogens (primary N) is 1. The van der Waals surface area contributed by atoms with Gasteiger partial charge in [0.1, 0.15) is 0 Å². The summed E-state index contributed by atoms with van der Waals surface area (Å²) >= 11 is 6.16. The Kier molecular flexibility index (Phi) is 2.08. The van der Waals surface area contributed by atoms with Gasteiger partial charge in [-0.25, -0.2) is 0 Å². The Morgan fingerprint density at radius 1 is 1.27 bits per heavy atom. The predicted molar refractivity (Wildman–Crippen MR) is 62.9 cm³/mol. The number of halogens is 1. The lowest BCUT2D eigenvalue weighted by Gasteiger charge is -2.16. The van der Waals surface area contributed by atoms with E-state index in [4.69, 9.17) is 17.3 Å². The second kappa shape index (κ2) is 3.23. The molecule has 1 nitrogen and oxygen atoms in total. The average molecular weight is 222 g/mol. The summed E-state index contributed by atoms with van der Waals surface area (Å²) in [5.74, 6) is 1.54. The smallest absolute Gasteiger partial charge is 0.0438 e. The van der Waals surface area contributed by atoms with E-state index in [9.17, 15) is 0 Å². The van der Waals surface area contributed by atoms with Gasteiger partial charge in [-0.3, -0.25) is 0 Å². The standard InChI is InChI=1S/C13H16ClN/c14-12-7-2-1-4-9(12)8-13(15)10-5-3-6-11(10)13/h1-2,4,7,10-11H,3,5-6,8,15H2. The molecule has 2 fully saturated rings. The topological polar surface area (TPSA) is 26.0 Å². The summed E-state index contributed by atoms with van der Waals surface area (Å²) < 4.78 is 0. The maximum atomic E-state index is 6.44. The van der Waals surface area contributed by atoms with E-state index in [1.165, 1.54) is 24.8 Å². The maximum absolute atomic E-state index is 6.44. The Morgan fingerprint density at radius 2 is 1.93 bits per heavy atom. The summed E-state index contributed by atoms with van der Waals surface area (Å²) in [5.41, 5.74) is 7.73. The van der Waals surface area contributed by atoms with Crippen LogP contribution in [0.3, 0.4) is 0 Å². The van der Waals surface area contributed by atoms with Gasteiger partial charge in [0.25, 0.3) is 0 Å². The first-order valence-electron chi connectivity index (χ1n) is 5.74. The fourth-order valence-corrected chi connectivity index (χ4v) is 3.56. The van der Waals surface area contributed by atoms with E-state index >= 15 is 0 Å². The lowest BCUT2D eigenvalue weighted by Crippen LogP contribution is -2.31. The van der Waals surface area contributed by atoms with Crippen LogP contribution < -0.4 is 5.73 Å². The van der Waals surface area contributed by atoms with Crippen molar-refractivity contribution >= 4 is 11.6 Å². The van der Waals surface area contributed by atoms with Crippen molar-refractivity contribution in [2.45, 2.75) is 31.2 Å². The van der Waals surface area contributed by atoms with E-state index in [0.717, 1.165) is 23.3 Å². The number of benzene rings is 1. The maximum Gasteiger partial charge on any atom is 0.0438 e. The van der Waals surface area contributed by atoms with Gasteiger partial charge in [-0.2, -0.15) is 0 Å². The van der Waals surface area contributed by atoms with E-state index in [2.05, 4.69) is 6.07 Å². The van der Waals surface area contributed by atoms with Crippen LogP contribution in [0.25, 0.3) is 0 Å². The molecule has 0 aliphatic heterocycles. The molecule has 3 rings (SSSR count). The van der Waals surface area contributed by atoms with Gasteiger partial charge < -0.3 is 5.73 Å². The van der Waals surface area contributed by atoms with Gasteiger partial charge in [0.2, 0.25) is 0 Å². The van der Waals surface area contributed by atoms with Crippen LogP contribution >= 0.6 is 11.6 Å². The highest BCUT2D eigenvalue weighted by Crippen LogP contribution is 2.60. The molecule has 2 atom stereocenters. The molecule has 15 heavy (non-hydrogen) atoms. The van der Waals surface area contributed by atoms with Gasteiger partial charge in [-0.1, -0.05) is 36.2 Å². The zero-order chi connectivity index (χ0) is 10.5. The molecular formula is C13H16ClN. The third-order valence-corrected chi connectivity index (χ3v) is 4.61. The Bertz CT molecular complexity index is 378.